The Morgan fingerprint density at radius 2 is 1.82 bits per heavy atom. The highest BCUT2D eigenvalue weighted by Crippen LogP contribution is 2.29. The van der Waals surface area contributed by atoms with Gasteiger partial charge in [-0.1, -0.05) is 13.0 Å². The number of carbonyl (C=O) groups is 1. The van der Waals surface area contributed by atoms with E-state index in [1.807, 2.05) is 18.2 Å². The fourth-order valence-electron chi connectivity index (χ4n) is 2.84. The van der Waals surface area contributed by atoms with Gasteiger partial charge in [0.2, 0.25) is 5.91 Å². The van der Waals surface area contributed by atoms with E-state index in [2.05, 4.69) is 17.6 Å². The average molecular weight is 306 g/mol. The molecule has 122 valence electrons. The molecule has 1 saturated heterocycles. The number of hydrogen-bond acceptors (Lipinski definition) is 4. The molecule has 2 rings (SSSR count). The van der Waals surface area contributed by atoms with Gasteiger partial charge in [0.05, 0.1) is 20.6 Å². The first-order valence-electron chi connectivity index (χ1n) is 7.75. The Morgan fingerprint density at radius 3 is 2.36 bits per heavy atom. The van der Waals surface area contributed by atoms with Crippen molar-refractivity contribution in [1.82, 2.24) is 10.6 Å². The largest absolute Gasteiger partial charge is 0.496 e. The molecule has 0 atom stereocenters. The fourth-order valence-corrected chi connectivity index (χ4v) is 2.84. The first-order chi connectivity index (χ1) is 10.6. The molecule has 5 heteroatoms. The molecule has 1 aromatic carbocycles. The summed E-state index contributed by atoms with van der Waals surface area (Å²) in [5.41, 5.74) is 0.978. The molecule has 0 unspecified atom stereocenters. The molecule has 0 aliphatic carbocycles. The maximum Gasteiger partial charge on any atom is 0.224 e. The summed E-state index contributed by atoms with van der Waals surface area (Å²) in [6.07, 6.45) is 2.44. The zero-order chi connectivity index (χ0) is 16.0. The normalized spacial score (nSPS) is 16.9. The second kappa shape index (κ2) is 7.49. The summed E-state index contributed by atoms with van der Waals surface area (Å²) in [4.78, 5) is 12.3. The molecule has 5 nitrogen and oxygen atoms in total. The third-order valence-electron chi connectivity index (χ3n) is 4.39. The highest BCUT2D eigenvalue weighted by Gasteiger charge is 2.27. The van der Waals surface area contributed by atoms with Crippen LogP contribution >= 0.6 is 0 Å². The van der Waals surface area contributed by atoms with Crippen LogP contribution in [0.1, 0.15) is 25.3 Å². The van der Waals surface area contributed by atoms with Crippen LogP contribution in [0.25, 0.3) is 0 Å². The molecule has 22 heavy (non-hydrogen) atoms. The van der Waals surface area contributed by atoms with Crippen molar-refractivity contribution in [3.05, 3.63) is 23.8 Å². The molecular formula is C17H26N2O3. The summed E-state index contributed by atoms with van der Waals surface area (Å²) in [7, 11) is 3.21. The summed E-state index contributed by atoms with van der Waals surface area (Å²) in [6, 6.07) is 5.55. The van der Waals surface area contributed by atoms with Crippen molar-refractivity contribution < 1.29 is 14.3 Å². The first-order valence-corrected chi connectivity index (χ1v) is 7.75. The Morgan fingerprint density at radius 1 is 1.23 bits per heavy atom. The van der Waals surface area contributed by atoms with Gasteiger partial charge in [-0.15, -0.1) is 0 Å². The Labute approximate surface area is 132 Å². The summed E-state index contributed by atoms with van der Waals surface area (Å²) < 4.78 is 10.7. The molecule has 1 aliphatic heterocycles. The minimum absolute atomic E-state index is 0.00237. The Kier molecular flexibility index (Phi) is 5.66. The van der Waals surface area contributed by atoms with Gasteiger partial charge in [-0.05, 0) is 43.5 Å². The van der Waals surface area contributed by atoms with Gasteiger partial charge in [-0.25, -0.2) is 0 Å². The molecule has 1 fully saturated rings. The van der Waals surface area contributed by atoms with Crippen molar-refractivity contribution >= 4 is 5.91 Å². The minimum atomic E-state index is 0.00237. The van der Waals surface area contributed by atoms with Crippen molar-refractivity contribution in [3.8, 4) is 11.5 Å². The van der Waals surface area contributed by atoms with Crippen LogP contribution in [0, 0.1) is 5.41 Å². The maximum atomic E-state index is 12.3. The molecule has 1 heterocycles. The molecule has 2 N–H and O–H groups in total. The number of carbonyl (C=O) groups excluding carboxylic acids is 1. The van der Waals surface area contributed by atoms with E-state index in [-0.39, 0.29) is 17.7 Å². The summed E-state index contributed by atoms with van der Waals surface area (Å²) in [6.45, 7) is 4.99. The molecule has 0 saturated carbocycles. The lowest BCUT2D eigenvalue weighted by atomic mass is 9.81. The van der Waals surface area contributed by atoms with Gasteiger partial charge in [0.1, 0.15) is 11.5 Å². The van der Waals surface area contributed by atoms with Gasteiger partial charge in [0, 0.05) is 12.1 Å². The van der Waals surface area contributed by atoms with E-state index in [0.29, 0.717) is 18.0 Å². The highest BCUT2D eigenvalue weighted by atomic mass is 16.5. The van der Waals surface area contributed by atoms with Gasteiger partial charge >= 0.3 is 0 Å². The number of amides is 1. The van der Waals surface area contributed by atoms with E-state index >= 15 is 0 Å². The van der Waals surface area contributed by atoms with Crippen LogP contribution in [0.3, 0.4) is 0 Å². The predicted octanol–water partition coefficient (Wildman–Crippen LogP) is 1.75. The topological polar surface area (TPSA) is 59.6 Å². The highest BCUT2D eigenvalue weighted by molar-refractivity contribution is 5.80. The molecule has 0 aromatic heterocycles. The molecule has 1 aromatic rings. The lowest BCUT2D eigenvalue weighted by molar-refractivity contribution is -0.121. The van der Waals surface area contributed by atoms with Crippen LogP contribution in [0.15, 0.2) is 18.2 Å². The van der Waals surface area contributed by atoms with E-state index in [1.165, 1.54) is 0 Å². The van der Waals surface area contributed by atoms with Gasteiger partial charge in [-0.2, -0.15) is 0 Å². The maximum absolute atomic E-state index is 12.3. The number of ether oxygens (including phenoxy) is 2. The van der Waals surface area contributed by atoms with Crippen LogP contribution in [0.2, 0.25) is 0 Å². The fraction of sp³-hybridized carbons (Fsp3) is 0.588. The van der Waals surface area contributed by atoms with Crippen molar-refractivity contribution in [2.24, 2.45) is 5.41 Å². The van der Waals surface area contributed by atoms with Crippen molar-refractivity contribution in [2.45, 2.75) is 26.2 Å². The SMILES string of the molecule is COc1cccc(OC)c1CC(=O)NCC1(C)CCNCC1. The number of methoxy groups -OCH3 is 2. The van der Waals surface area contributed by atoms with Gasteiger partial charge in [0.25, 0.3) is 0 Å². The Hall–Kier alpha value is -1.75. The molecule has 0 spiro atoms. The van der Waals surface area contributed by atoms with Crippen molar-refractivity contribution in [2.75, 3.05) is 33.9 Å². The van der Waals surface area contributed by atoms with E-state index in [0.717, 1.165) is 31.5 Å². The lowest BCUT2D eigenvalue weighted by Gasteiger charge is -2.34. The quantitative estimate of drug-likeness (QED) is 0.841. The second-order valence-electron chi connectivity index (χ2n) is 6.16. The van der Waals surface area contributed by atoms with Crippen LogP contribution in [0.4, 0.5) is 0 Å². The lowest BCUT2D eigenvalue weighted by Crippen LogP contribution is -2.43. The average Bonchev–Trinajstić information content (AvgIpc) is 2.54. The van der Waals surface area contributed by atoms with E-state index in [9.17, 15) is 4.79 Å². The molecule has 1 amide bonds. The van der Waals surface area contributed by atoms with Crippen molar-refractivity contribution in [1.29, 1.82) is 0 Å². The summed E-state index contributed by atoms with van der Waals surface area (Å²) in [5, 5.41) is 6.42. The van der Waals surface area contributed by atoms with Gasteiger partial charge in [-0.3, -0.25) is 4.79 Å². The van der Waals surface area contributed by atoms with Crippen LogP contribution in [0.5, 0.6) is 11.5 Å². The van der Waals surface area contributed by atoms with E-state index < -0.39 is 0 Å². The van der Waals surface area contributed by atoms with Gasteiger partial charge in [0.15, 0.2) is 0 Å². The summed E-state index contributed by atoms with van der Waals surface area (Å²) >= 11 is 0. The molecule has 0 radical (unpaired) electrons. The third kappa shape index (κ3) is 4.13. The number of rotatable bonds is 6. The third-order valence-corrected chi connectivity index (χ3v) is 4.39. The van der Waals surface area contributed by atoms with Crippen molar-refractivity contribution in [3.63, 3.8) is 0 Å². The predicted molar refractivity (Wildman–Crippen MR) is 86.5 cm³/mol. The number of benzene rings is 1. The Balaban J connectivity index is 1.97. The second-order valence-corrected chi connectivity index (χ2v) is 6.16. The first kappa shape index (κ1) is 16.6. The van der Waals surface area contributed by atoms with Crippen LogP contribution < -0.4 is 20.1 Å². The number of piperidine rings is 1. The number of nitrogens with one attached hydrogen (secondary N) is 2. The number of hydrogen-bond donors (Lipinski definition) is 2. The zero-order valence-electron chi connectivity index (χ0n) is 13.7. The minimum Gasteiger partial charge on any atom is -0.496 e. The summed E-state index contributed by atoms with van der Waals surface area (Å²) in [5.74, 6) is 1.37. The van der Waals surface area contributed by atoms with Crippen LogP contribution in [-0.4, -0.2) is 39.8 Å². The Bertz CT molecular complexity index is 488. The molecule has 0 bridgehead atoms. The zero-order valence-corrected chi connectivity index (χ0v) is 13.7. The molecule has 1 aliphatic rings. The van der Waals surface area contributed by atoms with E-state index in [4.69, 9.17) is 9.47 Å². The van der Waals surface area contributed by atoms with Crippen LogP contribution in [-0.2, 0) is 11.2 Å². The van der Waals surface area contributed by atoms with E-state index in [1.54, 1.807) is 14.2 Å². The van der Waals surface area contributed by atoms with Gasteiger partial charge < -0.3 is 20.1 Å². The monoisotopic (exact) mass is 306 g/mol. The smallest absolute Gasteiger partial charge is 0.224 e. The standard InChI is InChI=1S/C17H26N2O3/c1-17(7-9-18-10-8-17)12-19-16(20)11-13-14(21-2)5-4-6-15(13)22-3/h4-6,18H,7-12H2,1-3H3,(H,19,20). The molecular weight excluding hydrogens is 280 g/mol.